The lowest BCUT2D eigenvalue weighted by Gasteiger charge is -2.07. The van der Waals surface area contributed by atoms with Gasteiger partial charge < -0.3 is 4.57 Å². The lowest BCUT2D eigenvalue weighted by atomic mass is 10.1. The van der Waals surface area contributed by atoms with E-state index < -0.39 is 0 Å². The van der Waals surface area contributed by atoms with Gasteiger partial charge in [-0.05, 0) is 46.1 Å². The van der Waals surface area contributed by atoms with Crippen molar-refractivity contribution in [2.75, 3.05) is 0 Å². The van der Waals surface area contributed by atoms with E-state index in [4.69, 9.17) is 23.2 Å². The van der Waals surface area contributed by atoms with Gasteiger partial charge in [0.1, 0.15) is 11.3 Å². The smallest absolute Gasteiger partial charge is 0.160 e. The molecule has 0 amide bonds. The van der Waals surface area contributed by atoms with E-state index in [2.05, 4.69) is 30.5 Å². The van der Waals surface area contributed by atoms with Crippen LogP contribution >= 0.6 is 39.1 Å². The zero-order valence-corrected chi connectivity index (χ0v) is 14.2. The Balaban J connectivity index is 1.90. The minimum Gasteiger partial charge on any atom is -0.311 e. The molecule has 0 aliphatic carbocycles. The maximum atomic E-state index is 6.01. The molecule has 0 spiro atoms. The standard InChI is InChI=1S/C15H12BrCl2N3/c16-11-7-13-15(19-9-11)21(14(8-17)20-13)6-5-10-1-3-12(18)4-2-10/h1-4,7,9H,5-6,8H2. The van der Waals surface area contributed by atoms with Gasteiger partial charge in [-0.25, -0.2) is 9.97 Å². The highest BCUT2D eigenvalue weighted by Crippen LogP contribution is 2.20. The van der Waals surface area contributed by atoms with Gasteiger partial charge in [-0.2, -0.15) is 0 Å². The van der Waals surface area contributed by atoms with Crippen LogP contribution in [0.5, 0.6) is 0 Å². The van der Waals surface area contributed by atoms with Crippen molar-refractivity contribution in [3.63, 3.8) is 0 Å². The highest BCUT2D eigenvalue weighted by Gasteiger charge is 2.11. The molecule has 0 fully saturated rings. The monoisotopic (exact) mass is 383 g/mol. The quantitative estimate of drug-likeness (QED) is 0.603. The lowest BCUT2D eigenvalue weighted by Crippen LogP contribution is -2.05. The number of imidazole rings is 1. The van der Waals surface area contributed by atoms with Crippen LogP contribution in [0.15, 0.2) is 41.0 Å². The molecule has 2 aromatic heterocycles. The van der Waals surface area contributed by atoms with Crippen LogP contribution in [0.25, 0.3) is 11.2 Å². The fourth-order valence-corrected chi connectivity index (χ4v) is 2.91. The van der Waals surface area contributed by atoms with Crippen LogP contribution in [0, 0.1) is 0 Å². The summed E-state index contributed by atoms with van der Waals surface area (Å²) in [5.41, 5.74) is 2.94. The number of rotatable bonds is 4. The predicted octanol–water partition coefficient (Wildman–Crippen LogP) is 4.83. The number of aryl methyl sites for hydroxylation is 2. The zero-order valence-electron chi connectivity index (χ0n) is 11.1. The molecule has 0 atom stereocenters. The van der Waals surface area contributed by atoms with Gasteiger partial charge >= 0.3 is 0 Å². The summed E-state index contributed by atoms with van der Waals surface area (Å²) in [6.45, 7) is 0.787. The first kappa shape index (κ1) is 14.8. The number of nitrogens with zero attached hydrogens (tertiary/aromatic N) is 3. The van der Waals surface area contributed by atoms with Gasteiger partial charge in [-0.1, -0.05) is 23.7 Å². The summed E-state index contributed by atoms with van der Waals surface area (Å²) in [6, 6.07) is 9.83. The second-order valence-electron chi connectivity index (χ2n) is 4.69. The minimum atomic E-state index is 0.370. The van der Waals surface area contributed by atoms with E-state index in [9.17, 15) is 0 Å². The van der Waals surface area contributed by atoms with Gasteiger partial charge in [0, 0.05) is 22.2 Å². The van der Waals surface area contributed by atoms with Crippen molar-refractivity contribution in [1.82, 2.24) is 14.5 Å². The zero-order chi connectivity index (χ0) is 14.8. The summed E-state index contributed by atoms with van der Waals surface area (Å²) in [5.74, 6) is 1.21. The molecule has 6 heteroatoms. The highest BCUT2D eigenvalue weighted by molar-refractivity contribution is 9.10. The fourth-order valence-electron chi connectivity index (χ4n) is 2.26. The summed E-state index contributed by atoms with van der Waals surface area (Å²) >= 11 is 15.3. The van der Waals surface area contributed by atoms with Crippen LogP contribution in [-0.2, 0) is 18.8 Å². The fraction of sp³-hybridized carbons (Fsp3) is 0.200. The number of aromatic nitrogens is 3. The molecule has 0 aliphatic heterocycles. The minimum absolute atomic E-state index is 0.370. The molecule has 0 saturated heterocycles. The first-order chi connectivity index (χ1) is 10.2. The highest BCUT2D eigenvalue weighted by atomic mass is 79.9. The molecule has 1 aromatic carbocycles. The summed E-state index contributed by atoms with van der Waals surface area (Å²) in [4.78, 5) is 8.99. The third kappa shape index (κ3) is 3.23. The molecular weight excluding hydrogens is 373 g/mol. The third-order valence-corrected chi connectivity index (χ3v) is 4.21. The molecule has 0 unspecified atom stereocenters. The Bertz CT molecular complexity index is 768. The van der Waals surface area contributed by atoms with Gasteiger partial charge in [0.25, 0.3) is 0 Å². The van der Waals surface area contributed by atoms with Crippen molar-refractivity contribution >= 4 is 50.3 Å². The van der Waals surface area contributed by atoms with Crippen LogP contribution in [0.1, 0.15) is 11.4 Å². The SMILES string of the molecule is ClCc1nc2cc(Br)cnc2n1CCc1ccc(Cl)cc1. The largest absolute Gasteiger partial charge is 0.311 e. The maximum Gasteiger partial charge on any atom is 0.160 e. The van der Waals surface area contributed by atoms with Gasteiger partial charge in [0.05, 0.1) is 5.88 Å². The normalized spacial score (nSPS) is 11.2. The molecule has 108 valence electrons. The van der Waals surface area contributed by atoms with Gasteiger partial charge in [0.2, 0.25) is 0 Å². The molecule has 0 N–H and O–H groups in total. The Labute approximate surface area is 141 Å². The van der Waals surface area contributed by atoms with Crippen molar-refractivity contribution in [1.29, 1.82) is 0 Å². The van der Waals surface area contributed by atoms with Gasteiger partial charge in [-0.3, -0.25) is 0 Å². The summed E-state index contributed by atoms with van der Waals surface area (Å²) in [7, 11) is 0. The number of halogens is 3. The van der Waals surface area contributed by atoms with E-state index in [-0.39, 0.29) is 0 Å². The van der Waals surface area contributed by atoms with E-state index in [0.29, 0.717) is 5.88 Å². The number of hydrogen-bond acceptors (Lipinski definition) is 2. The van der Waals surface area contributed by atoms with Gasteiger partial charge in [-0.15, -0.1) is 11.6 Å². The van der Waals surface area contributed by atoms with Crippen molar-refractivity contribution in [2.24, 2.45) is 0 Å². The first-order valence-corrected chi connectivity index (χ1v) is 8.19. The summed E-state index contributed by atoms with van der Waals surface area (Å²) in [6.07, 6.45) is 2.66. The van der Waals surface area contributed by atoms with E-state index >= 15 is 0 Å². The molecule has 0 bridgehead atoms. The molecule has 3 nitrogen and oxygen atoms in total. The van der Waals surface area contributed by atoms with E-state index in [1.54, 1.807) is 6.20 Å². The molecule has 3 aromatic rings. The third-order valence-electron chi connectivity index (χ3n) is 3.29. The van der Waals surface area contributed by atoms with Crippen LogP contribution in [-0.4, -0.2) is 14.5 Å². The summed E-state index contributed by atoms with van der Waals surface area (Å²) < 4.78 is 2.99. The molecule has 3 rings (SSSR count). The number of benzene rings is 1. The Morgan fingerprint density at radius 1 is 1.19 bits per heavy atom. The molecule has 21 heavy (non-hydrogen) atoms. The van der Waals surface area contributed by atoms with Crippen LogP contribution in [0.2, 0.25) is 5.02 Å². The second-order valence-corrected chi connectivity index (χ2v) is 6.31. The van der Waals surface area contributed by atoms with E-state index in [1.807, 2.05) is 30.3 Å². The maximum absolute atomic E-state index is 6.01. The molecular formula is C15H12BrCl2N3. The Kier molecular flexibility index (Phi) is 4.48. The second kappa shape index (κ2) is 6.34. The van der Waals surface area contributed by atoms with Crippen LogP contribution in [0.4, 0.5) is 0 Å². The molecule has 0 saturated carbocycles. The Hall–Kier alpha value is -1.10. The average Bonchev–Trinajstić information content (AvgIpc) is 2.83. The van der Waals surface area contributed by atoms with E-state index in [0.717, 1.165) is 39.4 Å². The lowest BCUT2D eigenvalue weighted by molar-refractivity contribution is 0.682. The predicted molar refractivity (Wildman–Crippen MR) is 89.9 cm³/mol. The van der Waals surface area contributed by atoms with Gasteiger partial charge in [0.15, 0.2) is 5.65 Å². The molecule has 0 radical (unpaired) electrons. The number of alkyl halides is 1. The topological polar surface area (TPSA) is 30.7 Å². The number of hydrogen-bond donors (Lipinski definition) is 0. The van der Waals surface area contributed by atoms with Crippen molar-refractivity contribution < 1.29 is 0 Å². The number of fused-ring (bicyclic) bond motifs is 1. The van der Waals surface area contributed by atoms with E-state index in [1.165, 1.54) is 5.56 Å². The molecule has 2 heterocycles. The van der Waals surface area contributed by atoms with Crippen molar-refractivity contribution in [3.8, 4) is 0 Å². The summed E-state index contributed by atoms with van der Waals surface area (Å²) in [5, 5.41) is 0.750. The van der Waals surface area contributed by atoms with Crippen LogP contribution in [0.3, 0.4) is 0 Å². The Morgan fingerprint density at radius 3 is 2.67 bits per heavy atom. The van der Waals surface area contributed by atoms with Crippen LogP contribution < -0.4 is 0 Å². The number of pyridine rings is 1. The average molecular weight is 385 g/mol. The van der Waals surface area contributed by atoms with Crippen molar-refractivity contribution in [3.05, 3.63) is 57.4 Å². The van der Waals surface area contributed by atoms with Crippen molar-refractivity contribution in [2.45, 2.75) is 18.8 Å². The molecule has 0 aliphatic rings. The Morgan fingerprint density at radius 2 is 1.95 bits per heavy atom. The first-order valence-electron chi connectivity index (χ1n) is 6.48.